The second kappa shape index (κ2) is 6.48. The predicted octanol–water partition coefficient (Wildman–Crippen LogP) is 3.41. The first-order chi connectivity index (χ1) is 10.4. The van der Waals surface area contributed by atoms with Crippen LogP contribution in [0.1, 0.15) is 25.8 Å². The highest BCUT2D eigenvalue weighted by Crippen LogP contribution is 2.35. The molecule has 1 aliphatic rings. The van der Waals surface area contributed by atoms with Crippen LogP contribution in [0.2, 0.25) is 10.0 Å². The van der Waals surface area contributed by atoms with Gasteiger partial charge in [0, 0.05) is 12.0 Å². The fraction of sp³-hybridized carbons (Fsp3) is 0.357. The summed E-state index contributed by atoms with van der Waals surface area (Å²) >= 11 is 12.1. The standard InChI is InChI=1S/C14H12Cl2N2O4/c1-3-21-13(20)14(2)6-12(18-22-14)8-4-11(17-7-19)10(16)5-9(8)15/h4-5H,3,6H2,1-2H3. The summed E-state index contributed by atoms with van der Waals surface area (Å²) in [6.07, 6.45) is 1.59. The molecule has 22 heavy (non-hydrogen) atoms. The quantitative estimate of drug-likeness (QED) is 0.477. The maximum atomic E-state index is 11.9. The summed E-state index contributed by atoms with van der Waals surface area (Å²) in [6, 6.07) is 2.94. The first kappa shape index (κ1) is 16.5. The third-order valence-corrected chi connectivity index (χ3v) is 3.70. The van der Waals surface area contributed by atoms with E-state index < -0.39 is 11.6 Å². The van der Waals surface area contributed by atoms with Crippen LogP contribution in [0.25, 0.3) is 0 Å². The highest BCUT2D eigenvalue weighted by atomic mass is 35.5. The van der Waals surface area contributed by atoms with Crippen LogP contribution in [0.4, 0.5) is 5.69 Å². The number of esters is 1. The first-order valence-electron chi connectivity index (χ1n) is 6.41. The van der Waals surface area contributed by atoms with E-state index in [1.165, 1.54) is 18.2 Å². The van der Waals surface area contributed by atoms with Gasteiger partial charge in [0.05, 0.1) is 28.1 Å². The van der Waals surface area contributed by atoms with Crippen molar-refractivity contribution in [2.75, 3.05) is 6.61 Å². The molecule has 6 nitrogen and oxygen atoms in total. The molecular weight excluding hydrogens is 331 g/mol. The Kier molecular flexibility index (Phi) is 4.86. The smallest absolute Gasteiger partial charge is 0.353 e. The summed E-state index contributed by atoms with van der Waals surface area (Å²) in [5, 5.41) is 4.43. The number of carbonyl (C=O) groups excluding carboxylic acids is 2. The van der Waals surface area contributed by atoms with Gasteiger partial charge in [0.15, 0.2) is 0 Å². The number of hydrogen-bond donors (Lipinski definition) is 0. The van der Waals surface area contributed by atoms with Gasteiger partial charge in [-0.1, -0.05) is 28.4 Å². The largest absolute Gasteiger partial charge is 0.463 e. The Balaban J connectivity index is 2.33. The summed E-state index contributed by atoms with van der Waals surface area (Å²) in [5.41, 5.74) is -0.0706. The van der Waals surface area contributed by atoms with Crippen LogP contribution in [0.15, 0.2) is 22.3 Å². The highest BCUT2D eigenvalue weighted by molar-refractivity contribution is 6.38. The molecule has 0 saturated carbocycles. The Hall–Kier alpha value is -1.88. The Morgan fingerprint density at radius 1 is 1.50 bits per heavy atom. The molecular formula is C14H12Cl2N2O4. The minimum atomic E-state index is -1.21. The average molecular weight is 343 g/mol. The summed E-state index contributed by atoms with van der Waals surface area (Å²) in [6.45, 7) is 3.53. The van der Waals surface area contributed by atoms with Gasteiger partial charge in [-0.25, -0.2) is 9.59 Å². The monoisotopic (exact) mass is 342 g/mol. The van der Waals surface area contributed by atoms with E-state index in [9.17, 15) is 9.59 Å². The van der Waals surface area contributed by atoms with Crippen molar-refractivity contribution in [3.05, 3.63) is 27.7 Å². The van der Waals surface area contributed by atoms with Crippen molar-refractivity contribution >= 4 is 46.7 Å². The molecule has 0 aliphatic carbocycles. The van der Waals surface area contributed by atoms with Gasteiger partial charge in [-0.05, 0) is 26.0 Å². The van der Waals surface area contributed by atoms with Crippen molar-refractivity contribution in [3.8, 4) is 0 Å². The van der Waals surface area contributed by atoms with Gasteiger partial charge in [-0.3, -0.25) is 0 Å². The summed E-state index contributed by atoms with van der Waals surface area (Å²) in [7, 11) is 0. The molecule has 1 unspecified atom stereocenters. The number of ether oxygens (including phenoxy) is 1. The van der Waals surface area contributed by atoms with Gasteiger partial charge in [0.2, 0.25) is 11.7 Å². The Bertz CT molecular complexity index is 698. The zero-order valence-corrected chi connectivity index (χ0v) is 13.4. The lowest BCUT2D eigenvalue weighted by molar-refractivity contribution is -0.166. The number of benzene rings is 1. The fourth-order valence-electron chi connectivity index (χ4n) is 1.97. The van der Waals surface area contributed by atoms with E-state index in [-0.39, 0.29) is 23.7 Å². The average Bonchev–Trinajstić information content (AvgIpc) is 2.86. The lowest BCUT2D eigenvalue weighted by Crippen LogP contribution is -2.37. The lowest BCUT2D eigenvalue weighted by Gasteiger charge is -2.18. The molecule has 0 bridgehead atoms. The molecule has 2 rings (SSSR count). The van der Waals surface area contributed by atoms with Gasteiger partial charge in [0.25, 0.3) is 0 Å². The van der Waals surface area contributed by atoms with E-state index in [4.69, 9.17) is 32.8 Å². The van der Waals surface area contributed by atoms with E-state index in [1.807, 2.05) is 0 Å². The van der Waals surface area contributed by atoms with Crippen LogP contribution >= 0.6 is 23.2 Å². The van der Waals surface area contributed by atoms with Crippen LogP contribution in [0.5, 0.6) is 0 Å². The molecule has 1 aromatic rings. The molecule has 116 valence electrons. The number of nitrogens with zero attached hydrogens (tertiary/aromatic N) is 2. The van der Waals surface area contributed by atoms with Gasteiger partial charge in [0.1, 0.15) is 0 Å². The number of halogens is 2. The van der Waals surface area contributed by atoms with Gasteiger partial charge < -0.3 is 9.57 Å². The number of isocyanates is 1. The van der Waals surface area contributed by atoms with Crippen molar-refractivity contribution in [2.45, 2.75) is 25.9 Å². The molecule has 0 radical (unpaired) electrons. The number of carbonyl (C=O) groups is 1. The third kappa shape index (κ3) is 3.14. The number of aliphatic imine (C=N–C) groups is 1. The van der Waals surface area contributed by atoms with Crippen molar-refractivity contribution in [2.24, 2.45) is 10.1 Å². The van der Waals surface area contributed by atoms with Crippen molar-refractivity contribution in [1.82, 2.24) is 0 Å². The zero-order chi connectivity index (χ0) is 16.3. The summed E-state index contributed by atoms with van der Waals surface area (Å²) in [4.78, 5) is 31.0. The van der Waals surface area contributed by atoms with Crippen LogP contribution in [0.3, 0.4) is 0 Å². The molecule has 0 spiro atoms. The normalized spacial score (nSPS) is 19.9. The summed E-state index contributed by atoms with van der Waals surface area (Å²) < 4.78 is 4.96. The molecule has 0 N–H and O–H groups in total. The fourth-order valence-corrected chi connectivity index (χ4v) is 2.51. The van der Waals surface area contributed by atoms with E-state index in [1.54, 1.807) is 13.8 Å². The molecule has 1 heterocycles. The van der Waals surface area contributed by atoms with Crippen LogP contribution in [0, 0.1) is 0 Å². The Morgan fingerprint density at radius 2 is 2.23 bits per heavy atom. The predicted molar refractivity (Wildman–Crippen MR) is 81.5 cm³/mol. The van der Waals surface area contributed by atoms with E-state index in [0.29, 0.717) is 16.3 Å². The highest BCUT2D eigenvalue weighted by Gasteiger charge is 2.44. The number of rotatable bonds is 4. The zero-order valence-electron chi connectivity index (χ0n) is 11.9. The van der Waals surface area contributed by atoms with E-state index >= 15 is 0 Å². The molecule has 1 aliphatic heterocycles. The second-order valence-electron chi connectivity index (χ2n) is 4.74. The minimum absolute atomic E-state index is 0.178. The second-order valence-corrected chi connectivity index (χ2v) is 5.56. The molecule has 0 aromatic heterocycles. The minimum Gasteiger partial charge on any atom is -0.463 e. The van der Waals surface area contributed by atoms with Gasteiger partial charge >= 0.3 is 5.97 Å². The lowest BCUT2D eigenvalue weighted by atomic mass is 9.96. The number of oxime groups is 1. The van der Waals surface area contributed by atoms with Crippen LogP contribution < -0.4 is 0 Å². The van der Waals surface area contributed by atoms with Crippen molar-refractivity contribution < 1.29 is 19.2 Å². The third-order valence-electron chi connectivity index (χ3n) is 3.08. The Morgan fingerprint density at radius 3 is 2.86 bits per heavy atom. The van der Waals surface area contributed by atoms with Crippen molar-refractivity contribution in [1.29, 1.82) is 0 Å². The topological polar surface area (TPSA) is 77.3 Å². The van der Waals surface area contributed by atoms with E-state index in [0.717, 1.165) is 0 Å². The van der Waals surface area contributed by atoms with Crippen molar-refractivity contribution in [3.63, 3.8) is 0 Å². The molecule has 0 saturated heterocycles. The molecule has 1 aromatic carbocycles. The maximum absolute atomic E-state index is 11.9. The van der Waals surface area contributed by atoms with Crippen LogP contribution in [-0.4, -0.2) is 30.0 Å². The molecule has 1 atom stereocenters. The SMILES string of the molecule is CCOC(=O)C1(C)CC(c2cc(N=C=O)c(Cl)cc2Cl)=NO1. The van der Waals surface area contributed by atoms with Gasteiger partial charge in [-0.2, -0.15) is 4.99 Å². The first-order valence-corrected chi connectivity index (χ1v) is 7.16. The Labute approximate surface area is 136 Å². The maximum Gasteiger partial charge on any atom is 0.353 e. The van der Waals surface area contributed by atoms with Gasteiger partial charge in [-0.15, -0.1) is 0 Å². The number of hydrogen-bond acceptors (Lipinski definition) is 6. The van der Waals surface area contributed by atoms with Crippen LogP contribution in [-0.2, 0) is 19.2 Å². The molecule has 8 heteroatoms. The summed E-state index contributed by atoms with van der Waals surface area (Å²) in [5.74, 6) is -0.509. The molecule has 0 amide bonds. The molecule has 0 fully saturated rings. The van der Waals surface area contributed by atoms with E-state index in [2.05, 4.69) is 10.1 Å².